The number of nitrogens with zero attached hydrogens (tertiary/aromatic N) is 1. The van der Waals surface area contributed by atoms with Crippen LogP contribution in [0.1, 0.15) is 46.9 Å². The lowest BCUT2D eigenvalue weighted by atomic mass is 9.55. The van der Waals surface area contributed by atoms with Crippen LogP contribution < -0.4 is 10.2 Å². The quantitative estimate of drug-likeness (QED) is 0.311. The molecule has 202 valence electrons. The molecule has 41 heavy (non-hydrogen) atoms. The molecule has 4 aliphatic rings. The van der Waals surface area contributed by atoms with Gasteiger partial charge in [0.25, 0.3) is 0 Å². The van der Waals surface area contributed by atoms with Gasteiger partial charge >= 0.3 is 5.97 Å². The SMILES string of the molecule is O=C(O)CCC(=O)Nc1ccc(-c2ccc(N3C(=O)[C@@H]4C5c6ccccc6C(c6ccccc65)[C@@H]4C3=O)cc2)cc1. The molecule has 3 amide bonds. The van der Waals surface area contributed by atoms with Gasteiger partial charge in [-0.15, -0.1) is 0 Å². The number of hydrogen-bond donors (Lipinski definition) is 2. The number of rotatable bonds is 6. The van der Waals surface area contributed by atoms with Crippen LogP contribution in [0.25, 0.3) is 11.1 Å². The third kappa shape index (κ3) is 3.96. The third-order valence-electron chi connectivity index (χ3n) is 8.64. The summed E-state index contributed by atoms with van der Waals surface area (Å²) in [6.07, 6.45) is -0.311. The van der Waals surface area contributed by atoms with E-state index in [0.717, 1.165) is 33.4 Å². The summed E-state index contributed by atoms with van der Waals surface area (Å²) in [4.78, 5) is 51.9. The molecule has 2 bridgehead atoms. The number of carbonyl (C=O) groups is 4. The maximum absolute atomic E-state index is 14.0. The van der Waals surface area contributed by atoms with Crippen LogP contribution >= 0.6 is 0 Å². The van der Waals surface area contributed by atoms with Crippen molar-refractivity contribution < 1.29 is 24.3 Å². The maximum Gasteiger partial charge on any atom is 0.303 e. The zero-order chi connectivity index (χ0) is 28.2. The van der Waals surface area contributed by atoms with Crippen molar-refractivity contribution in [3.05, 3.63) is 119 Å². The lowest BCUT2D eigenvalue weighted by Crippen LogP contribution is -2.41. The van der Waals surface area contributed by atoms with E-state index < -0.39 is 17.8 Å². The minimum absolute atomic E-state index is 0.0894. The van der Waals surface area contributed by atoms with E-state index in [0.29, 0.717) is 11.4 Å². The van der Waals surface area contributed by atoms with Crippen molar-refractivity contribution in [2.24, 2.45) is 11.8 Å². The highest BCUT2D eigenvalue weighted by Crippen LogP contribution is 2.61. The zero-order valence-corrected chi connectivity index (χ0v) is 22.0. The van der Waals surface area contributed by atoms with Gasteiger partial charge in [0.05, 0.1) is 23.9 Å². The number of benzene rings is 4. The summed E-state index contributed by atoms with van der Waals surface area (Å²) < 4.78 is 0. The minimum atomic E-state index is -1.02. The predicted molar refractivity (Wildman–Crippen MR) is 153 cm³/mol. The van der Waals surface area contributed by atoms with Gasteiger partial charge in [0, 0.05) is 23.9 Å². The lowest BCUT2D eigenvalue weighted by molar-refractivity contribution is -0.138. The first-order valence-corrected chi connectivity index (χ1v) is 13.7. The number of imide groups is 1. The molecule has 0 radical (unpaired) electrons. The smallest absolute Gasteiger partial charge is 0.303 e. The summed E-state index contributed by atoms with van der Waals surface area (Å²) in [7, 11) is 0. The lowest BCUT2D eigenvalue weighted by Gasteiger charge is -2.45. The monoisotopic (exact) mass is 542 g/mol. The summed E-state index contributed by atoms with van der Waals surface area (Å²) in [6, 6.07) is 31.0. The summed E-state index contributed by atoms with van der Waals surface area (Å²) in [5, 5.41) is 11.4. The van der Waals surface area contributed by atoms with Crippen molar-refractivity contribution in [3.63, 3.8) is 0 Å². The number of aliphatic carboxylic acids is 1. The number of anilines is 2. The Morgan fingerprint density at radius 1 is 0.634 bits per heavy atom. The van der Waals surface area contributed by atoms with Gasteiger partial charge in [-0.1, -0.05) is 72.8 Å². The van der Waals surface area contributed by atoms with E-state index in [1.54, 1.807) is 12.1 Å². The molecule has 0 saturated carbocycles. The van der Waals surface area contributed by atoms with Crippen LogP contribution in [-0.4, -0.2) is 28.8 Å². The van der Waals surface area contributed by atoms with E-state index in [4.69, 9.17) is 5.11 Å². The topological polar surface area (TPSA) is 104 Å². The molecule has 0 unspecified atom stereocenters. The Morgan fingerprint density at radius 3 is 1.51 bits per heavy atom. The molecule has 1 heterocycles. The van der Waals surface area contributed by atoms with Gasteiger partial charge in [0.1, 0.15) is 0 Å². The molecule has 8 rings (SSSR count). The first-order valence-electron chi connectivity index (χ1n) is 13.7. The standard InChI is InChI=1S/C34H26N2O5/c37-27(17-18-28(38)39)35-21-13-9-19(10-14-21)20-11-15-22(16-12-20)36-33(40)31-29-23-5-1-2-6-24(23)30(32(31)34(36)41)26-8-4-3-7-25(26)29/h1-16,29-32H,17-18H2,(H,35,37)(H,38,39)/t29?,30?,31-,32+. The predicted octanol–water partition coefficient (Wildman–Crippen LogP) is 5.55. The molecule has 1 saturated heterocycles. The van der Waals surface area contributed by atoms with Gasteiger partial charge in [0.15, 0.2) is 0 Å². The Bertz CT molecular complexity index is 1610. The van der Waals surface area contributed by atoms with Crippen molar-refractivity contribution in [2.75, 3.05) is 10.2 Å². The van der Waals surface area contributed by atoms with E-state index in [2.05, 4.69) is 29.6 Å². The first kappa shape index (κ1) is 25.0. The highest BCUT2D eigenvalue weighted by Gasteiger charge is 2.61. The van der Waals surface area contributed by atoms with Crippen LogP contribution in [0.5, 0.6) is 0 Å². The average molecular weight is 543 g/mol. The van der Waals surface area contributed by atoms with Crippen LogP contribution in [0, 0.1) is 11.8 Å². The molecular formula is C34H26N2O5. The van der Waals surface area contributed by atoms with Crippen LogP contribution in [0.15, 0.2) is 97.1 Å². The third-order valence-corrected chi connectivity index (χ3v) is 8.64. The molecule has 1 fully saturated rings. The van der Waals surface area contributed by atoms with Gasteiger partial charge in [-0.3, -0.25) is 19.2 Å². The van der Waals surface area contributed by atoms with Crippen molar-refractivity contribution in [1.29, 1.82) is 0 Å². The molecule has 2 atom stereocenters. The number of carboxylic acid groups (broad SMARTS) is 1. The van der Waals surface area contributed by atoms with Gasteiger partial charge in [-0.25, -0.2) is 4.90 Å². The van der Waals surface area contributed by atoms with Gasteiger partial charge < -0.3 is 10.4 Å². The van der Waals surface area contributed by atoms with Gasteiger partial charge in [0.2, 0.25) is 17.7 Å². The average Bonchev–Trinajstić information content (AvgIpc) is 3.26. The Hall–Kier alpha value is -5.04. The molecule has 0 aromatic heterocycles. The normalized spacial score (nSPS) is 21.7. The Labute approximate surface area is 236 Å². The molecular weight excluding hydrogens is 516 g/mol. The summed E-state index contributed by atoms with van der Waals surface area (Å²) in [5.41, 5.74) is 7.54. The molecule has 4 aromatic carbocycles. The summed E-state index contributed by atoms with van der Waals surface area (Å²) >= 11 is 0. The van der Waals surface area contributed by atoms with Crippen LogP contribution in [0.2, 0.25) is 0 Å². The van der Waals surface area contributed by atoms with Crippen molar-refractivity contribution in [2.45, 2.75) is 24.7 Å². The van der Waals surface area contributed by atoms with E-state index >= 15 is 0 Å². The van der Waals surface area contributed by atoms with Crippen LogP contribution in [-0.2, 0) is 19.2 Å². The second kappa shape index (κ2) is 9.55. The number of carbonyl (C=O) groups excluding carboxylic acids is 3. The number of carboxylic acids is 1. The number of hydrogen-bond acceptors (Lipinski definition) is 4. The summed E-state index contributed by atoms with van der Waals surface area (Å²) in [6.45, 7) is 0. The fourth-order valence-corrected chi connectivity index (χ4v) is 6.92. The molecule has 2 N–H and O–H groups in total. The van der Waals surface area contributed by atoms with E-state index in [1.807, 2.05) is 60.7 Å². The highest BCUT2D eigenvalue weighted by molar-refractivity contribution is 6.23. The zero-order valence-electron chi connectivity index (χ0n) is 22.0. The van der Waals surface area contributed by atoms with Crippen molar-refractivity contribution in [1.82, 2.24) is 0 Å². The Balaban J connectivity index is 1.14. The molecule has 7 nitrogen and oxygen atoms in total. The fraction of sp³-hybridized carbons (Fsp3) is 0.176. The first-order chi connectivity index (χ1) is 19.9. The molecule has 0 spiro atoms. The molecule has 1 aliphatic heterocycles. The second-order valence-corrected chi connectivity index (χ2v) is 10.8. The number of amides is 3. The molecule has 4 aromatic rings. The van der Waals surface area contributed by atoms with Crippen molar-refractivity contribution in [3.8, 4) is 11.1 Å². The maximum atomic E-state index is 14.0. The van der Waals surface area contributed by atoms with Gasteiger partial charge in [-0.2, -0.15) is 0 Å². The molecule has 7 heteroatoms. The van der Waals surface area contributed by atoms with E-state index in [9.17, 15) is 19.2 Å². The Morgan fingerprint density at radius 2 is 1.07 bits per heavy atom. The van der Waals surface area contributed by atoms with Crippen molar-refractivity contribution >= 4 is 35.1 Å². The van der Waals surface area contributed by atoms with Gasteiger partial charge in [-0.05, 0) is 57.6 Å². The minimum Gasteiger partial charge on any atom is -0.481 e. The van der Waals surface area contributed by atoms with Crippen LogP contribution in [0.3, 0.4) is 0 Å². The van der Waals surface area contributed by atoms with E-state index in [1.165, 1.54) is 4.90 Å². The van der Waals surface area contributed by atoms with Crippen LogP contribution in [0.4, 0.5) is 11.4 Å². The largest absolute Gasteiger partial charge is 0.481 e. The highest BCUT2D eigenvalue weighted by atomic mass is 16.4. The second-order valence-electron chi connectivity index (χ2n) is 10.8. The molecule has 3 aliphatic carbocycles. The summed E-state index contributed by atoms with van der Waals surface area (Å²) in [5.74, 6) is -2.78. The number of nitrogens with one attached hydrogen (secondary N) is 1. The fourth-order valence-electron chi connectivity index (χ4n) is 6.92. The Kier molecular flexibility index (Phi) is 5.82. The van der Waals surface area contributed by atoms with E-state index in [-0.39, 0.29) is 42.4 Å².